The van der Waals surface area contributed by atoms with Crippen molar-refractivity contribution < 1.29 is 13.9 Å². The van der Waals surface area contributed by atoms with Crippen molar-refractivity contribution in [2.75, 3.05) is 18.5 Å². The van der Waals surface area contributed by atoms with Gasteiger partial charge in [-0.15, -0.1) is 0 Å². The summed E-state index contributed by atoms with van der Waals surface area (Å²) in [4.78, 5) is 0. The molecule has 1 aliphatic rings. The van der Waals surface area contributed by atoms with Crippen molar-refractivity contribution in [2.24, 2.45) is 0 Å². The molecule has 110 valence electrons. The van der Waals surface area contributed by atoms with Gasteiger partial charge in [0.25, 0.3) is 0 Å². The summed E-state index contributed by atoms with van der Waals surface area (Å²) in [6.45, 7) is 1.90. The molecule has 0 saturated heterocycles. The van der Waals surface area contributed by atoms with Gasteiger partial charge in [0.1, 0.15) is 5.82 Å². The smallest absolute Gasteiger partial charge is 0.161 e. The molecule has 5 heteroatoms. The van der Waals surface area contributed by atoms with Crippen molar-refractivity contribution >= 4 is 17.3 Å². The van der Waals surface area contributed by atoms with Gasteiger partial charge >= 0.3 is 0 Å². The number of anilines is 1. The van der Waals surface area contributed by atoms with E-state index in [-0.39, 0.29) is 5.02 Å². The van der Waals surface area contributed by atoms with Crippen LogP contribution in [0, 0.1) is 5.82 Å². The molecule has 0 saturated carbocycles. The Morgan fingerprint density at radius 3 is 2.67 bits per heavy atom. The number of hydrogen-bond acceptors (Lipinski definition) is 3. The predicted octanol–water partition coefficient (Wildman–Crippen LogP) is 4.25. The van der Waals surface area contributed by atoms with Gasteiger partial charge in [0, 0.05) is 18.7 Å². The summed E-state index contributed by atoms with van der Waals surface area (Å²) in [5, 5.41) is 3.28. The first-order chi connectivity index (χ1) is 10.2. The van der Waals surface area contributed by atoms with Crippen LogP contribution < -0.4 is 14.8 Å². The van der Waals surface area contributed by atoms with Crippen LogP contribution in [0.25, 0.3) is 0 Å². The molecular weight excluding hydrogens is 293 g/mol. The Kier molecular flexibility index (Phi) is 4.15. The highest BCUT2D eigenvalue weighted by Crippen LogP contribution is 2.30. The molecular formula is C16H15ClFNO2. The minimum Gasteiger partial charge on any atom is -0.490 e. The largest absolute Gasteiger partial charge is 0.490 e. The van der Waals surface area contributed by atoms with E-state index in [9.17, 15) is 4.39 Å². The number of fused-ring (bicyclic) bond motifs is 1. The maximum absolute atomic E-state index is 13.4. The second-order valence-corrected chi connectivity index (χ2v) is 5.22. The zero-order chi connectivity index (χ0) is 14.7. The van der Waals surface area contributed by atoms with E-state index in [0.29, 0.717) is 25.4 Å². The van der Waals surface area contributed by atoms with Gasteiger partial charge in [0.2, 0.25) is 0 Å². The minimum atomic E-state index is -0.430. The fourth-order valence-corrected chi connectivity index (χ4v) is 2.25. The molecule has 0 amide bonds. The lowest BCUT2D eigenvalue weighted by Gasteiger charge is -2.11. The average Bonchev–Trinajstić information content (AvgIpc) is 2.73. The van der Waals surface area contributed by atoms with E-state index in [1.807, 2.05) is 18.2 Å². The fraction of sp³-hybridized carbons (Fsp3) is 0.250. The number of benzene rings is 2. The standard InChI is InChI=1S/C16H15ClFNO2/c17-13-4-3-12(9-14(13)18)19-10-11-2-5-15-16(8-11)21-7-1-6-20-15/h2-5,8-9,19H,1,6-7,10H2. The Hall–Kier alpha value is -1.94. The lowest BCUT2D eigenvalue weighted by molar-refractivity contribution is 0.297. The Morgan fingerprint density at radius 1 is 1.05 bits per heavy atom. The van der Waals surface area contributed by atoms with Crippen LogP contribution in [0.15, 0.2) is 36.4 Å². The Balaban J connectivity index is 1.70. The van der Waals surface area contributed by atoms with Crippen LogP contribution in [0.3, 0.4) is 0 Å². The molecule has 0 radical (unpaired) electrons. The van der Waals surface area contributed by atoms with Crippen molar-refractivity contribution in [3.8, 4) is 11.5 Å². The van der Waals surface area contributed by atoms with Crippen LogP contribution >= 0.6 is 11.6 Å². The lowest BCUT2D eigenvalue weighted by Crippen LogP contribution is -2.01. The molecule has 0 aromatic heterocycles. The third kappa shape index (κ3) is 3.39. The minimum absolute atomic E-state index is 0.121. The fourth-order valence-electron chi connectivity index (χ4n) is 2.13. The quantitative estimate of drug-likeness (QED) is 0.919. The summed E-state index contributed by atoms with van der Waals surface area (Å²) in [5.41, 5.74) is 1.72. The summed E-state index contributed by atoms with van der Waals surface area (Å²) in [6, 6.07) is 10.5. The van der Waals surface area contributed by atoms with E-state index < -0.39 is 5.82 Å². The van der Waals surface area contributed by atoms with Crippen LogP contribution in [0.2, 0.25) is 5.02 Å². The van der Waals surface area contributed by atoms with Gasteiger partial charge in [0.15, 0.2) is 11.5 Å². The maximum atomic E-state index is 13.4. The van der Waals surface area contributed by atoms with E-state index in [2.05, 4.69) is 5.32 Å². The van der Waals surface area contributed by atoms with Gasteiger partial charge in [0.05, 0.1) is 18.2 Å². The zero-order valence-electron chi connectivity index (χ0n) is 11.4. The molecule has 21 heavy (non-hydrogen) atoms. The van der Waals surface area contributed by atoms with Gasteiger partial charge < -0.3 is 14.8 Å². The molecule has 0 atom stereocenters. The first-order valence-corrected chi connectivity index (χ1v) is 7.17. The van der Waals surface area contributed by atoms with E-state index in [1.165, 1.54) is 12.1 Å². The molecule has 3 rings (SSSR count). The highest BCUT2D eigenvalue weighted by atomic mass is 35.5. The van der Waals surface area contributed by atoms with Crippen molar-refractivity contribution in [1.82, 2.24) is 0 Å². The predicted molar refractivity (Wildman–Crippen MR) is 80.8 cm³/mol. The first kappa shape index (κ1) is 14.0. The van der Waals surface area contributed by atoms with Crippen molar-refractivity contribution in [3.05, 3.63) is 52.8 Å². The van der Waals surface area contributed by atoms with Crippen LogP contribution in [-0.2, 0) is 6.54 Å². The third-order valence-corrected chi connectivity index (χ3v) is 3.53. The summed E-state index contributed by atoms with van der Waals surface area (Å²) >= 11 is 5.66. The number of halogens is 2. The number of hydrogen-bond donors (Lipinski definition) is 1. The second-order valence-electron chi connectivity index (χ2n) is 4.81. The molecule has 0 unspecified atom stereocenters. The zero-order valence-corrected chi connectivity index (χ0v) is 12.1. The molecule has 1 N–H and O–H groups in total. The summed E-state index contributed by atoms with van der Waals surface area (Å²) in [5.74, 6) is 1.10. The Bertz CT molecular complexity index is 648. The normalized spacial score (nSPS) is 13.6. The molecule has 2 aromatic carbocycles. The summed E-state index contributed by atoms with van der Waals surface area (Å²) < 4.78 is 24.6. The monoisotopic (exact) mass is 307 g/mol. The molecule has 2 aromatic rings. The number of ether oxygens (including phenoxy) is 2. The SMILES string of the molecule is Fc1cc(NCc2ccc3c(c2)OCCCO3)ccc1Cl. The lowest BCUT2D eigenvalue weighted by atomic mass is 10.2. The van der Waals surface area contributed by atoms with E-state index in [1.54, 1.807) is 6.07 Å². The Morgan fingerprint density at radius 2 is 1.86 bits per heavy atom. The molecule has 0 fully saturated rings. The van der Waals surface area contributed by atoms with Crippen LogP contribution in [0.1, 0.15) is 12.0 Å². The maximum Gasteiger partial charge on any atom is 0.161 e. The van der Waals surface area contributed by atoms with E-state index in [4.69, 9.17) is 21.1 Å². The number of rotatable bonds is 3. The van der Waals surface area contributed by atoms with Gasteiger partial charge in [-0.25, -0.2) is 4.39 Å². The summed E-state index contributed by atoms with van der Waals surface area (Å²) in [6.07, 6.45) is 0.881. The van der Waals surface area contributed by atoms with Crippen LogP contribution in [-0.4, -0.2) is 13.2 Å². The second kappa shape index (κ2) is 6.22. The van der Waals surface area contributed by atoms with Crippen molar-refractivity contribution in [2.45, 2.75) is 13.0 Å². The van der Waals surface area contributed by atoms with Gasteiger partial charge in [-0.05, 0) is 35.9 Å². The van der Waals surface area contributed by atoms with Gasteiger partial charge in [-0.2, -0.15) is 0 Å². The first-order valence-electron chi connectivity index (χ1n) is 6.80. The molecule has 1 heterocycles. The topological polar surface area (TPSA) is 30.5 Å². The van der Waals surface area contributed by atoms with E-state index >= 15 is 0 Å². The molecule has 1 aliphatic heterocycles. The molecule has 0 spiro atoms. The van der Waals surface area contributed by atoms with E-state index in [0.717, 1.165) is 23.5 Å². The molecule has 0 aliphatic carbocycles. The average molecular weight is 308 g/mol. The third-order valence-electron chi connectivity index (χ3n) is 3.23. The highest BCUT2D eigenvalue weighted by Gasteiger charge is 2.10. The highest BCUT2D eigenvalue weighted by molar-refractivity contribution is 6.30. The molecule has 0 bridgehead atoms. The summed E-state index contributed by atoms with van der Waals surface area (Å²) in [7, 11) is 0. The van der Waals surface area contributed by atoms with Gasteiger partial charge in [-0.1, -0.05) is 17.7 Å². The van der Waals surface area contributed by atoms with Crippen molar-refractivity contribution in [3.63, 3.8) is 0 Å². The molecule has 3 nitrogen and oxygen atoms in total. The van der Waals surface area contributed by atoms with Crippen molar-refractivity contribution in [1.29, 1.82) is 0 Å². The van der Waals surface area contributed by atoms with Crippen LogP contribution in [0.4, 0.5) is 10.1 Å². The Labute approximate surface area is 127 Å². The van der Waals surface area contributed by atoms with Gasteiger partial charge in [-0.3, -0.25) is 0 Å². The van der Waals surface area contributed by atoms with Crippen LogP contribution in [0.5, 0.6) is 11.5 Å². The number of nitrogens with one attached hydrogen (secondary N) is 1.